The first-order valence-corrected chi connectivity index (χ1v) is 9.73. The van der Waals surface area contributed by atoms with E-state index in [1.54, 1.807) is 16.0 Å². The number of para-hydroxylation sites is 1. The first-order chi connectivity index (χ1) is 13.1. The van der Waals surface area contributed by atoms with E-state index in [1.165, 1.54) is 11.1 Å². The van der Waals surface area contributed by atoms with Crippen LogP contribution in [0.25, 0.3) is 5.57 Å². The molecule has 1 N–H and O–H groups in total. The minimum atomic E-state index is -0.200. The molecule has 6 nitrogen and oxygen atoms in total. The topological polar surface area (TPSA) is 63.1 Å². The molecule has 0 saturated carbocycles. The Morgan fingerprint density at radius 1 is 1.26 bits per heavy atom. The molecule has 1 aliphatic heterocycles. The molecule has 1 aromatic carbocycles. The van der Waals surface area contributed by atoms with E-state index in [-0.39, 0.29) is 5.91 Å². The van der Waals surface area contributed by atoms with Crippen molar-refractivity contribution in [1.29, 1.82) is 0 Å². The molecule has 0 spiro atoms. The standard InChI is InChI=1S/C20H21N5OS/c1-14-8-10-25(20-21-9-11-27-20)13-16(14)18-12-17(23-24(18)2)19(26)22-15-6-4-3-5-7-15/h3-7,9,11-12H,8,10,13H2,1-2H3,(H,22,26). The molecule has 27 heavy (non-hydrogen) atoms. The molecule has 3 heterocycles. The molecule has 0 bridgehead atoms. The largest absolute Gasteiger partial charge is 0.343 e. The highest BCUT2D eigenvalue weighted by atomic mass is 32.1. The van der Waals surface area contributed by atoms with Gasteiger partial charge in [0.2, 0.25) is 0 Å². The van der Waals surface area contributed by atoms with Crippen molar-refractivity contribution >= 4 is 33.6 Å². The predicted octanol–water partition coefficient (Wildman–Crippen LogP) is 3.81. The van der Waals surface area contributed by atoms with Crippen molar-refractivity contribution < 1.29 is 4.79 Å². The number of nitrogens with one attached hydrogen (secondary N) is 1. The zero-order valence-electron chi connectivity index (χ0n) is 15.3. The van der Waals surface area contributed by atoms with Gasteiger partial charge in [0.1, 0.15) is 0 Å². The highest BCUT2D eigenvalue weighted by Gasteiger charge is 2.23. The SMILES string of the molecule is CC1=C(c2cc(C(=O)Nc3ccccc3)nn2C)CN(c2nccs2)CC1. The summed E-state index contributed by atoms with van der Waals surface area (Å²) in [5.41, 5.74) is 4.71. The number of aromatic nitrogens is 3. The Hall–Kier alpha value is -2.93. The maximum Gasteiger partial charge on any atom is 0.276 e. The lowest BCUT2D eigenvalue weighted by molar-refractivity contribution is 0.102. The lowest BCUT2D eigenvalue weighted by Crippen LogP contribution is -2.31. The van der Waals surface area contributed by atoms with Crippen LogP contribution in [0, 0.1) is 0 Å². The van der Waals surface area contributed by atoms with Crippen LogP contribution >= 0.6 is 11.3 Å². The summed E-state index contributed by atoms with van der Waals surface area (Å²) in [6.45, 7) is 3.89. The summed E-state index contributed by atoms with van der Waals surface area (Å²) in [7, 11) is 1.89. The fourth-order valence-electron chi connectivity index (χ4n) is 3.27. The summed E-state index contributed by atoms with van der Waals surface area (Å²) >= 11 is 1.65. The number of hydrogen-bond acceptors (Lipinski definition) is 5. The molecule has 1 aliphatic rings. The lowest BCUT2D eigenvalue weighted by atomic mass is 9.99. The third-order valence-corrected chi connectivity index (χ3v) is 5.60. The molecule has 0 fully saturated rings. The number of carbonyl (C=O) groups is 1. The second-order valence-electron chi connectivity index (χ2n) is 6.60. The summed E-state index contributed by atoms with van der Waals surface area (Å²) in [6.07, 6.45) is 2.81. The molecule has 0 atom stereocenters. The van der Waals surface area contributed by atoms with Crippen molar-refractivity contribution in [1.82, 2.24) is 14.8 Å². The normalized spacial score (nSPS) is 14.5. The first kappa shape index (κ1) is 17.5. The maximum atomic E-state index is 12.6. The number of carbonyl (C=O) groups excluding carboxylic acids is 1. The first-order valence-electron chi connectivity index (χ1n) is 8.85. The van der Waals surface area contributed by atoms with Crippen molar-refractivity contribution in [3.8, 4) is 0 Å². The van der Waals surface area contributed by atoms with Gasteiger partial charge < -0.3 is 10.2 Å². The Bertz CT molecular complexity index is 975. The monoisotopic (exact) mass is 379 g/mol. The van der Waals surface area contributed by atoms with Crippen molar-refractivity contribution in [2.75, 3.05) is 23.3 Å². The van der Waals surface area contributed by atoms with Gasteiger partial charge >= 0.3 is 0 Å². The van der Waals surface area contributed by atoms with Crippen LogP contribution in [0.4, 0.5) is 10.8 Å². The number of aryl methyl sites for hydroxylation is 1. The number of hydrogen-bond donors (Lipinski definition) is 1. The molecular weight excluding hydrogens is 358 g/mol. The number of amides is 1. The molecule has 1 amide bonds. The van der Waals surface area contributed by atoms with Gasteiger partial charge in [-0.1, -0.05) is 23.8 Å². The van der Waals surface area contributed by atoms with Crippen LogP contribution in [-0.4, -0.2) is 33.8 Å². The van der Waals surface area contributed by atoms with Gasteiger partial charge in [0, 0.05) is 37.4 Å². The number of rotatable bonds is 4. The predicted molar refractivity (Wildman–Crippen MR) is 109 cm³/mol. The van der Waals surface area contributed by atoms with Gasteiger partial charge in [-0.15, -0.1) is 11.3 Å². The van der Waals surface area contributed by atoms with Gasteiger partial charge in [-0.2, -0.15) is 5.10 Å². The van der Waals surface area contributed by atoms with E-state index in [2.05, 4.69) is 27.2 Å². The van der Waals surface area contributed by atoms with Crippen LogP contribution in [0.15, 0.2) is 53.5 Å². The lowest BCUT2D eigenvalue weighted by Gasteiger charge is -2.29. The highest BCUT2D eigenvalue weighted by Crippen LogP contribution is 2.30. The second kappa shape index (κ2) is 7.36. The van der Waals surface area contributed by atoms with Crippen LogP contribution in [0.2, 0.25) is 0 Å². The van der Waals surface area contributed by atoms with Crippen LogP contribution in [-0.2, 0) is 7.05 Å². The van der Waals surface area contributed by atoms with Crippen LogP contribution in [0.3, 0.4) is 0 Å². The molecule has 0 radical (unpaired) electrons. The van der Waals surface area contributed by atoms with Crippen LogP contribution in [0.5, 0.6) is 0 Å². The maximum absolute atomic E-state index is 12.6. The average molecular weight is 379 g/mol. The van der Waals surface area contributed by atoms with E-state index in [1.807, 2.05) is 55.0 Å². The smallest absolute Gasteiger partial charge is 0.276 e. The Balaban J connectivity index is 1.58. The fourth-order valence-corrected chi connectivity index (χ4v) is 3.94. The quantitative estimate of drug-likeness (QED) is 0.749. The number of thiazole rings is 1. The van der Waals surface area contributed by atoms with Crippen molar-refractivity contribution in [3.05, 3.63) is 64.9 Å². The summed E-state index contributed by atoms with van der Waals surface area (Å²) in [5, 5.41) is 10.4. The molecule has 4 rings (SSSR count). The molecule has 7 heteroatoms. The molecule has 138 valence electrons. The molecule has 2 aromatic heterocycles. The average Bonchev–Trinajstić information content (AvgIpc) is 3.33. The third-order valence-electron chi connectivity index (χ3n) is 4.76. The van der Waals surface area contributed by atoms with Gasteiger partial charge in [0.05, 0.1) is 5.69 Å². The second-order valence-corrected chi connectivity index (χ2v) is 7.48. The van der Waals surface area contributed by atoms with E-state index >= 15 is 0 Å². The summed E-state index contributed by atoms with van der Waals surface area (Å²) in [4.78, 5) is 19.3. The van der Waals surface area contributed by atoms with E-state index in [4.69, 9.17) is 0 Å². The molecule has 0 aliphatic carbocycles. The Morgan fingerprint density at radius 2 is 2.07 bits per heavy atom. The van der Waals surface area contributed by atoms with Gasteiger partial charge in [-0.25, -0.2) is 4.98 Å². The zero-order chi connectivity index (χ0) is 18.8. The van der Waals surface area contributed by atoms with E-state index in [0.717, 1.165) is 36.0 Å². The summed E-state index contributed by atoms with van der Waals surface area (Å²) in [6, 6.07) is 11.3. The van der Waals surface area contributed by atoms with Crippen molar-refractivity contribution in [3.63, 3.8) is 0 Å². The van der Waals surface area contributed by atoms with Crippen LogP contribution in [0.1, 0.15) is 29.5 Å². The number of nitrogens with zero attached hydrogens (tertiary/aromatic N) is 4. The van der Waals surface area contributed by atoms with Crippen molar-refractivity contribution in [2.24, 2.45) is 7.05 Å². The van der Waals surface area contributed by atoms with Crippen LogP contribution < -0.4 is 10.2 Å². The van der Waals surface area contributed by atoms with Gasteiger partial charge in [-0.05, 0) is 37.1 Å². The fraction of sp³-hybridized carbons (Fsp3) is 0.250. The Morgan fingerprint density at radius 3 is 2.81 bits per heavy atom. The number of benzene rings is 1. The van der Waals surface area contributed by atoms with E-state index in [0.29, 0.717) is 5.69 Å². The Kier molecular flexibility index (Phi) is 4.77. The van der Waals surface area contributed by atoms with Crippen molar-refractivity contribution in [2.45, 2.75) is 13.3 Å². The van der Waals surface area contributed by atoms with Gasteiger partial charge in [-0.3, -0.25) is 9.48 Å². The number of anilines is 2. The van der Waals surface area contributed by atoms with Gasteiger partial charge in [0.15, 0.2) is 10.8 Å². The highest BCUT2D eigenvalue weighted by molar-refractivity contribution is 7.13. The molecule has 0 unspecified atom stereocenters. The summed E-state index contributed by atoms with van der Waals surface area (Å²) in [5.74, 6) is -0.200. The van der Waals surface area contributed by atoms with E-state index < -0.39 is 0 Å². The molecular formula is C20H21N5OS. The van der Waals surface area contributed by atoms with Gasteiger partial charge in [0.25, 0.3) is 5.91 Å². The zero-order valence-corrected chi connectivity index (χ0v) is 16.2. The van der Waals surface area contributed by atoms with E-state index in [9.17, 15) is 4.79 Å². The summed E-state index contributed by atoms with van der Waals surface area (Å²) < 4.78 is 1.80. The minimum absolute atomic E-state index is 0.200. The Labute approximate surface area is 162 Å². The third kappa shape index (κ3) is 3.64. The minimum Gasteiger partial charge on any atom is -0.343 e. The molecule has 0 saturated heterocycles. The molecule has 3 aromatic rings.